The monoisotopic (exact) mass is 539 g/mol. The SMILES string of the molecule is COC(=O)[C@H](CC(C)C)NC(=O)CNC(=O)C(=O)[C@@H]1CCCN1C(=O)CNC(=O)c1ccnc2ccccc12. The summed E-state index contributed by atoms with van der Waals surface area (Å²) in [6.07, 6.45) is 2.65. The zero-order chi connectivity index (χ0) is 28.5. The van der Waals surface area contributed by atoms with Gasteiger partial charge in [-0.25, -0.2) is 4.79 Å². The molecule has 1 saturated heterocycles. The van der Waals surface area contributed by atoms with Crippen LogP contribution in [-0.2, 0) is 28.7 Å². The van der Waals surface area contributed by atoms with Crippen molar-refractivity contribution in [2.45, 2.75) is 45.2 Å². The first kappa shape index (κ1) is 29.2. The lowest BCUT2D eigenvalue weighted by Gasteiger charge is -2.23. The molecule has 39 heavy (non-hydrogen) atoms. The number of carbonyl (C=O) groups is 6. The number of amides is 4. The topological polar surface area (TPSA) is 164 Å². The van der Waals surface area contributed by atoms with Crippen molar-refractivity contribution < 1.29 is 33.5 Å². The zero-order valence-corrected chi connectivity index (χ0v) is 22.2. The Bertz CT molecular complexity index is 1260. The molecule has 1 aliphatic rings. The molecule has 0 aliphatic carbocycles. The molecule has 0 saturated carbocycles. The van der Waals surface area contributed by atoms with Crippen LogP contribution in [0.15, 0.2) is 36.5 Å². The minimum absolute atomic E-state index is 0.102. The van der Waals surface area contributed by atoms with Crippen molar-refractivity contribution in [3.63, 3.8) is 0 Å². The van der Waals surface area contributed by atoms with Gasteiger partial charge in [-0.1, -0.05) is 32.0 Å². The van der Waals surface area contributed by atoms with E-state index < -0.39 is 54.0 Å². The van der Waals surface area contributed by atoms with Gasteiger partial charge in [-0.05, 0) is 37.3 Å². The number of likely N-dealkylation sites (tertiary alicyclic amines) is 1. The molecule has 2 aromatic rings. The highest BCUT2D eigenvalue weighted by atomic mass is 16.5. The molecule has 2 heterocycles. The Labute approximate surface area is 225 Å². The highest BCUT2D eigenvalue weighted by molar-refractivity contribution is 6.38. The van der Waals surface area contributed by atoms with Crippen LogP contribution in [0.3, 0.4) is 0 Å². The molecule has 0 bridgehead atoms. The Morgan fingerprint density at radius 1 is 1.05 bits per heavy atom. The van der Waals surface area contributed by atoms with Gasteiger partial charge in [-0.3, -0.25) is 29.0 Å². The van der Waals surface area contributed by atoms with Gasteiger partial charge in [0.1, 0.15) is 12.1 Å². The summed E-state index contributed by atoms with van der Waals surface area (Å²) in [6, 6.07) is 6.80. The molecular weight excluding hydrogens is 506 g/mol. The van der Waals surface area contributed by atoms with Crippen molar-refractivity contribution in [1.82, 2.24) is 25.8 Å². The van der Waals surface area contributed by atoms with Crippen LogP contribution in [-0.4, -0.2) is 84.1 Å². The molecule has 0 unspecified atom stereocenters. The lowest BCUT2D eigenvalue weighted by molar-refractivity contribution is -0.146. The lowest BCUT2D eigenvalue weighted by atomic mass is 10.0. The van der Waals surface area contributed by atoms with E-state index in [4.69, 9.17) is 4.74 Å². The number of methoxy groups -OCH3 is 1. The van der Waals surface area contributed by atoms with Crippen molar-refractivity contribution >= 4 is 46.3 Å². The maximum Gasteiger partial charge on any atom is 0.328 e. The van der Waals surface area contributed by atoms with Gasteiger partial charge in [0.2, 0.25) is 17.6 Å². The van der Waals surface area contributed by atoms with E-state index in [0.29, 0.717) is 29.3 Å². The molecule has 208 valence electrons. The van der Waals surface area contributed by atoms with Crippen molar-refractivity contribution in [2.24, 2.45) is 5.92 Å². The van der Waals surface area contributed by atoms with Gasteiger partial charge in [0.15, 0.2) is 0 Å². The number of pyridine rings is 1. The van der Waals surface area contributed by atoms with Crippen LogP contribution >= 0.6 is 0 Å². The molecule has 3 N–H and O–H groups in total. The van der Waals surface area contributed by atoms with Crippen LogP contribution in [0.1, 0.15) is 43.5 Å². The molecule has 2 atom stereocenters. The van der Waals surface area contributed by atoms with Gasteiger partial charge in [0, 0.05) is 18.1 Å². The quantitative estimate of drug-likeness (QED) is 0.272. The van der Waals surface area contributed by atoms with Crippen molar-refractivity contribution in [3.05, 3.63) is 42.1 Å². The average Bonchev–Trinajstić information content (AvgIpc) is 3.42. The van der Waals surface area contributed by atoms with Gasteiger partial charge in [0.05, 0.1) is 31.3 Å². The van der Waals surface area contributed by atoms with Gasteiger partial charge in [-0.2, -0.15) is 0 Å². The minimum atomic E-state index is -1.01. The fraction of sp³-hybridized carbons (Fsp3) is 0.444. The number of ether oxygens (including phenoxy) is 1. The number of fused-ring (bicyclic) bond motifs is 1. The van der Waals surface area contributed by atoms with Crippen LogP contribution in [0.25, 0.3) is 10.9 Å². The summed E-state index contributed by atoms with van der Waals surface area (Å²) in [7, 11) is 1.21. The predicted octanol–water partition coefficient (Wildman–Crippen LogP) is 0.345. The summed E-state index contributed by atoms with van der Waals surface area (Å²) in [4.78, 5) is 80.5. The van der Waals surface area contributed by atoms with E-state index in [2.05, 4.69) is 20.9 Å². The highest BCUT2D eigenvalue weighted by Gasteiger charge is 2.37. The first-order valence-corrected chi connectivity index (χ1v) is 12.7. The number of hydrogen-bond donors (Lipinski definition) is 3. The molecule has 0 spiro atoms. The summed E-state index contributed by atoms with van der Waals surface area (Å²) in [5.41, 5.74) is 1.00. The minimum Gasteiger partial charge on any atom is -0.467 e. The third kappa shape index (κ3) is 7.59. The number of benzene rings is 1. The third-order valence-corrected chi connectivity index (χ3v) is 6.33. The maximum atomic E-state index is 12.9. The third-order valence-electron chi connectivity index (χ3n) is 6.33. The van der Waals surface area contributed by atoms with E-state index in [9.17, 15) is 28.8 Å². The van der Waals surface area contributed by atoms with E-state index in [0.717, 1.165) is 0 Å². The molecule has 4 amide bonds. The summed E-state index contributed by atoms with van der Waals surface area (Å²) < 4.78 is 4.70. The van der Waals surface area contributed by atoms with Gasteiger partial charge >= 0.3 is 5.97 Å². The summed E-state index contributed by atoms with van der Waals surface area (Å²) >= 11 is 0. The standard InChI is InChI=1S/C27H33N5O7/c1-16(2)13-20(27(38)39-3)31-22(33)14-29-26(37)24(35)21-9-6-12-32(21)23(34)15-30-25(36)18-10-11-28-19-8-5-4-7-17(18)19/h4-5,7-8,10-11,16,20-21H,6,9,12-15H2,1-3H3,(H,29,37)(H,30,36)(H,31,33)/t20-,21-/m0/s1. The van der Waals surface area contributed by atoms with E-state index in [-0.39, 0.29) is 25.4 Å². The lowest BCUT2D eigenvalue weighted by Crippen LogP contribution is -2.51. The first-order valence-electron chi connectivity index (χ1n) is 12.7. The number of ketones is 1. The molecule has 3 rings (SSSR count). The Balaban J connectivity index is 1.53. The van der Waals surface area contributed by atoms with Crippen LogP contribution in [0, 0.1) is 5.92 Å². The van der Waals surface area contributed by atoms with Crippen molar-refractivity contribution in [2.75, 3.05) is 26.7 Å². The molecule has 1 aromatic heterocycles. The van der Waals surface area contributed by atoms with Gasteiger partial charge in [-0.15, -0.1) is 0 Å². The van der Waals surface area contributed by atoms with Crippen molar-refractivity contribution in [3.8, 4) is 0 Å². The summed E-state index contributed by atoms with van der Waals surface area (Å²) in [6.45, 7) is 3.14. The molecule has 12 nitrogen and oxygen atoms in total. The zero-order valence-electron chi connectivity index (χ0n) is 22.2. The van der Waals surface area contributed by atoms with Gasteiger partial charge in [0.25, 0.3) is 11.8 Å². The first-order chi connectivity index (χ1) is 18.6. The number of aromatic nitrogens is 1. The Morgan fingerprint density at radius 3 is 2.51 bits per heavy atom. The van der Waals surface area contributed by atoms with Crippen LogP contribution in [0.5, 0.6) is 0 Å². The number of nitrogens with zero attached hydrogens (tertiary/aromatic N) is 2. The Hall–Kier alpha value is -4.35. The van der Waals surface area contributed by atoms with E-state index in [1.54, 1.807) is 30.3 Å². The number of carbonyl (C=O) groups excluding carboxylic acids is 6. The molecule has 0 radical (unpaired) electrons. The fourth-order valence-corrected chi connectivity index (χ4v) is 4.46. The second kappa shape index (κ2) is 13.4. The number of esters is 1. The molecule has 1 fully saturated rings. The van der Waals surface area contributed by atoms with E-state index >= 15 is 0 Å². The number of hydrogen-bond acceptors (Lipinski definition) is 8. The molecule has 1 aromatic carbocycles. The smallest absolute Gasteiger partial charge is 0.328 e. The van der Waals surface area contributed by atoms with E-state index in [1.807, 2.05) is 13.8 Å². The largest absolute Gasteiger partial charge is 0.467 e. The van der Waals surface area contributed by atoms with Crippen LogP contribution in [0.4, 0.5) is 0 Å². The normalized spacial score (nSPS) is 15.5. The average molecular weight is 540 g/mol. The summed E-state index contributed by atoms with van der Waals surface area (Å²) in [5.74, 6) is -3.99. The number of nitrogens with one attached hydrogen (secondary N) is 3. The van der Waals surface area contributed by atoms with E-state index in [1.165, 1.54) is 18.2 Å². The van der Waals surface area contributed by atoms with Crippen molar-refractivity contribution in [1.29, 1.82) is 0 Å². The number of rotatable bonds is 11. The Kier molecular flexibility index (Phi) is 10.1. The second-order valence-electron chi connectivity index (χ2n) is 9.62. The Morgan fingerprint density at radius 2 is 1.79 bits per heavy atom. The highest BCUT2D eigenvalue weighted by Crippen LogP contribution is 2.19. The molecule has 12 heteroatoms. The maximum absolute atomic E-state index is 12.9. The number of Topliss-reactive ketones (excluding diaryl/α,β-unsaturated/α-hetero) is 1. The fourth-order valence-electron chi connectivity index (χ4n) is 4.46. The second-order valence-corrected chi connectivity index (χ2v) is 9.62. The number of para-hydroxylation sites is 1. The van der Waals surface area contributed by atoms with Crippen LogP contribution < -0.4 is 16.0 Å². The summed E-state index contributed by atoms with van der Waals surface area (Å²) in [5, 5.41) is 7.97. The van der Waals surface area contributed by atoms with Gasteiger partial charge < -0.3 is 25.6 Å². The predicted molar refractivity (Wildman–Crippen MR) is 140 cm³/mol. The molecule has 1 aliphatic heterocycles. The molecular formula is C27H33N5O7. The van der Waals surface area contributed by atoms with Crippen LogP contribution in [0.2, 0.25) is 0 Å².